The second-order valence-corrected chi connectivity index (χ2v) is 6.68. The molecule has 0 aliphatic carbocycles. The molecule has 1 saturated heterocycles. The zero-order chi connectivity index (χ0) is 15.2. The number of rotatable bonds is 6. The third kappa shape index (κ3) is 5.01. The number of nitrogens with one attached hydrogen (secondary N) is 1. The summed E-state index contributed by atoms with van der Waals surface area (Å²) in [6.07, 6.45) is 3.55. The average molecular weight is 292 g/mol. The number of ether oxygens (including phenoxy) is 1. The molecule has 1 atom stereocenters. The number of likely N-dealkylation sites (tertiary alicyclic amines) is 1. The van der Waals surface area contributed by atoms with Gasteiger partial charge in [-0.1, -0.05) is 26.0 Å². The molecule has 3 nitrogen and oxygen atoms in total. The van der Waals surface area contributed by atoms with Crippen molar-refractivity contribution in [1.29, 1.82) is 0 Å². The third-order valence-corrected chi connectivity index (χ3v) is 4.31. The summed E-state index contributed by atoms with van der Waals surface area (Å²) in [6, 6.07) is 6.34. The summed E-state index contributed by atoms with van der Waals surface area (Å²) in [5.41, 5.74) is 2.42. The second-order valence-electron chi connectivity index (χ2n) is 6.68. The van der Waals surface area contributed by atoms with Crippen LogP contribution in [-0.4, -0.2) is 37.5 Å². The van der Waals surface area contributed by atoms with Gasteiger partial charge in [0.05, 0.1) is 13.1 Å². The number of piperidine rings is 1. The minimum Gasteiger partial charge on any atom is -0.490 e. The van der Waals surface area contributed by atoms with E-state index in [1.165, 1.54) is 48.4 Å². The molecule has 0 spiro atoms. The van der Waals surface area contributed by atoms with Gasteiger partial charge >= 0.3 is 0 Å². The van der Waals surface area contributed by atoms with Crippen molar-refractivity contribution < 1.29 is 14.7 Å². The highest BCUT2D eigenvalue weighted by Gasteiger charge is 2.19. The van der Waals surface area contributed by atoms with Gasteiger partial charge in [0, 0.05) is 0 Å². The average Bonchev–Trinajstić information content (AvgIpc) is 2.46. The molecule has 118 valence electrons. The van der Waals surface area contributed by atoms with Crippen LogP contribution in [0.3, 0.4) is 0 Å². The molecule has 0 amide bonds. The van der Waals surface area contributed by atoms with Crippen molar-refractivity contribution in [3.05, 3.63) is 29.3 Å². The van der Waals surface area contributed by atoms with E-state index in [0.29, 0.717) is 12.5 Å². The van der Waals surface area contributed by atoms with Gasteiger partial charge in [-0.3, -0.25) is 0 Å². The van der Waals surface area contributed by atoms with Gasteiger partial charge in [0.25, 0.3) is 0 Å². The summed E-state index contributed by atoms with van der Waals surface area (Å²) in [5, 5.41) is 10.2. The molecule has 1 aromatic carbocycles. The first-order valence-corrected chi connectivity index (χ1v) is 8.31. The Hall–Kier alpha value is -1.06. The lowest BCUT2D eigenvalue weighted by Gasteiger charge is -2.26. The molecule has 1 fully saturated rings. The Morgan fingerprint density at radius 1 is 1.19 bits per heavy atom. The number of benzene rings is 1. The molecule has 21 heavy (non-hydrogen) atoms. The Balaban J connectivity index is 1.88. The molecule has 1 aromatic rings. The van der Waals surface area contributed by atoms with Gasteiger partial charge in [0.15, 0.2) is 0 Å². The predicted octanol–water partition coefficient (Wildman–Crippen LogP) is 1.93. The normalized spacial score (nSPS) is 18.0. The van der Waals surface area contributed by atoms with E-state index in [4.69, 9.17) is 4.74 Å². The van der Waals surface area contributed by atoms with Gasteiger partial charge in [-0.15, -0.1) is 0 Å². The van der Waals surface area contributed by atoms with Crippen molar-refractivity contribution in [1.82, 2.24) is 0 Å². The highest BCUT2D eigenvalue weighted by Crippen LogP contribution is 2.27. The third-order valence-electron chi connectivity index (χ3n) is 4.31. The van der Waals surface area contributed by atoms with E-state index in [1.54, 1.807) is 0 Å². The molecule has 2 rings (SSSR count). The molecule has 1 unspecified atom stereocenters. The van der Waals surface area contributed by atoms with Crippen molar-refractivity contribution in [2.45, 2.75) is 52.1 Å². The fourth-order valence-corrected chi connectivity index (χ4v) is 3.08. The molecule has 1 aliphatic heterocycles. The Labute approximate surface area is 128 Å². The number of aliphatic hydroxyl groups is 1. The van der Waals surface area contributed by atoms with Crippen LogP contribution in [0.15, 0.2) is 18.2 Å². The maximum absolute atomic E-state index is 10.2. The molecule has 3 heteroatoms. The Bertz CT molecular complexity index is 439. The molecule has 1 aliphatic rings. The largest absolute Gasteiger partial charge is 0.490 e. The minimum absolute atomic E-state index is 0.376. The first kappa shape index (κ1) is 16.3. The van der Waals surface area contributed by atoms with Gasteiger partial charge in [-0.05, 0) is 49.3 Å². The van der Waals surface area contributed by atoms with Gasteiger partial charge in [-0.2, -0.15) is 0 Å². The molecular formula is C18H30NO2+. The SMILES string of the molecule is Cc1ccc(C(C)C)c(OCC(O)C[NH+]2CCCCC2)c1. The maximum Gasteiger partial charge on any atom is 0.137 e. The predicted molar refractivity (Wildman–Crippen MR) is 86.2 cm³/mol. The molecule has 2 N–H and O–H groups in total. The van der Waals surface area contributed by atoms with E-state index in [9.17, 15) is 5.11 Å². The molecule has 0 radical (unpaired) electrons. The number of aryl methyl sites for hydroxylation is 1. The lowest BCUT2D eigenvalue weighted by atomic mass is 10.0. The molecule has 0 aromatic heterocycles. The second kappa shape index (κ2) is 7.81. The van der Waals surface area contributed by atoms with Crippen LogP contribution in [0.5, 0.6) is 5.75 Å². The van der Waals surface area contributed by atoms with Crippen LogP contribution < -0.4 is 9.64 Å². The summed E-state index contributed by atoms with van der Waals surface area (Å²) in [4.78, 5) is 1.52. The first-order valence-electron chi connectivity index (χ1n) is 8.31. The van der Waals surface area contributed by atoms with Crippen molar-refractivity contribution in [3.63, 3.8) is 0 Å². The van der Waals surface area contributed by atoms with Crippen LogP contribution in [0.25, 0.3) is 0 Å². The van der Waals surface area contributed by atoms with Crippen LogP contribution in [0.1, 0.15) is 50.2 Å². The molecular weight excluding hydrogens is 262 g/mol. The molecule has 0 saturated carbocycles. The number of quaternary nitrogens is 1. The fraction of sp³-hybridized carbons (Fsp3) is 0.667. The van der Waals surface area contributed by atoms with Crippen molar-refractivity contribution in [2.75, 3.05) is 26.2 Å². The topological polar surface area (TPSA) is 33.9 Å². The number of hydrogen-bond donors (Lipinski definition) is 2. The standard InChI is InChI=1S/C18H29NO2/c1-14(2)17-8-7-15(3)11-18(17)21-13-16(20)12-19-9-5-4-6-10-19/h7-8,11,14,16,20H,4-6,9-10,12-13H2,1-3H3/p+1. The van der Waals surface area contributed by atoms with E-state index < -0.39 is 0 Å². The van der Waals surface area contributed by atoms with Crippen molar-refractivity contribution in [3.8, 4) is 5.75 Å². The van der Waals surface area contributed by atoms with E-state index in [0.717, 1.165) is 12.3 Å². The van der Waals surface area contributed by atoms with Gasteiger partial charge in [0.2, 0.25) is 0 Å². The number of aliphatic hydroxyl groups excluding tert-OH is 1. The highest BCUT2D eigenvalue weighted by atomic mass is 16.5. The highest BCUT2D eigenvalue weighted by molar-refractivity contribution is 5.39. The van der Waals surface area contributed by atoms with Gasteiger partial charge < -0.3 is 14.7 Å². The quantitative estimate of drug-likeness (QED) is 0.840. The minimum atomic E-state index is -0.376. The van der Waals surface area contributed by atoms with Crippen LogP contribution in [0.4, 0.5) is 0 Å². The Morgan fingerprint density at radius 2 is 1.90 bits per heavy atom. The Kier molecular flexibility index (Phi) is 6.07. The van der Waals surface area contributed by atoms with Crippen LogP contribution in [0, 0.1) is 6.92 Å². The van der Waals surface area contributed by atoms with Crippen LogP contribution in [-0.2, 0) is 0 Å². The summed E-state index contributed by atoms with van der Waals surface area (Å²) < 4.78 is 5.92. The van der Waals surface area contributed by atoms with Gasteiger partial charge in [-0.25, -0.2) is 0 Å². The zero-order valence-corrected chi connectivity index (χ0v) is 13.7. The summed E-state index contributed by atoms with van der Waals surface area (Å²) >= 11 is 0. The lowest BCUT2D eigenvalue weighted by molar-refractivity contribution is -0.908. The monoisotopic (exact) mass is 292 g/mol. The van der Waals surface area contributed by atoms with Crippen molar-refractivity contribution in [2.24, 2.45) is 0 Å². The number of hydrogen-bond acceptors (Lipinski definition) is 2. The smallest absolute Gasteiger partial charge is 0.137 e. The summed E-state index contributed by atoms with van der Waals surface area (Å²) in [5.74, 6) is 1.36. The zero-order valence-electron chi connectivity index (χ0n) is 13.7. The van der Waals surface area contributed by atoms with Crippen LogP contribution in [0.2, 0.25) is 0 Å². The lowest BCUT2D eigenvalue weighted by Crippen LogP contribution is -3.14. The van der Waals surface area contributed by atoms with E-state index in [-0.39, 0.29) is 6.10 Å². The maximum atomic E-state index is 10.2. The summed E-state index contributed by atoms with van der Waals surface area (Å²) in [7, 11) is 0. The Morgan fingerprint density at radius 3 is 2.57 bits per heavy atom. The molecule has 0 bridgehead atoms. The molecule has 1 heterocycles. The first-order chi connectivity index (χ1) is 10.1. The van der Waals surface area contributed by atoms with E-state index in [1.807, 2.05) is 0 Å². The van der Waals surface area contributed by atoms with Crippen molar-refractivity contribution >= 4 is 0 Å². The van der Waals surface area contributed by atoms with E-state index >= 15 is 0 Å². The summed E-state index contributed by atoms with van der Waals surface area (Å²) in [6.45, 7) is 10.0. The van der Waals surface area contributed by atoms with Crippen LogP contribution >= 0.6 is 0 Å². The van der Waals surface area contributed by atoms with Gasteiger partial charge in [0.1, 0.15) is 25.0 Å². The fourth-order valence-electron chi connectivity index (χ4n) is 3.08. The van der Waals surface area contributed by atoms with E-state index in [2.05, 4.69) is 39.0 Å².